The summed E-state index contributed by atoms with van der Waals surface area (Å²) in [4.78, 5) is 0. The molecule has 0 aromatic rings. The molecule has 0 atom stereocenters. The van der Waals surface area contributed by atoms with Crippen molar-refractivity contribution in [2.24, 2.45) is 0 Å². The summed E-state index contributed by atoms with van der Waals surface area (Å²) < 4.78 is 4.78. The Kier molecular flexibility index (Phi) is 6.65. The Balaban J connectivity index is 0. The molecule has 9 heavy (non-hydrogen) atoms. The van der Waals surface area contributed by atoms with Gasteiger partial charge in [0.05, 0.1) is 0 Å². The molecule has 0 bridgehead atoms. The Hall–Kier alpha value is 0.976. The number of halogens is 1. The molecular weight excluding hydrogens is 152 g/mol. The molecule has 1 fully saturated rings. The summed E-state index contributed by atoms with van der Waals surface area (Å²) in [5.41, 5.74) is 0. The summed E-state index contributed by atoms with van der Waals surface area (Å²) in [7, 11) is 0. The Morgan fingerprint density at radius 1 is 1.56 bits per heavy atom. The van der Waals surface area contributed by atoms with Gasteiger partial charge in [0.2, 0.25) is 0 Å². The van der Waals surface area contributed by atoms with Crippen molar-refractivity contribution in [2.75, 3.05) is 6.61 Å². The van der Waals surface area contributed by atoms with Gasteiger partial charge >= 0.3 is 23.1 Å². The fourth-order valence-electron chi connectivity index (χ4n) is 0.509. The molecule has 0 aromatic carbocycles. The molecule has 50 valence electrons. The zero-order valence-electron chi connectivity index (χ0n) is 5.52. The van der Waals surface area contributed by atoms with Crippen LogP contribution in [0.3, 0.4) is 0 Å². The predicted molar refractivity (Wildman–Crippen MR) is 29.3 cm³/mol. The smallest absolute Gasteiger partial charge is 1.00 e. The molecule has 2 nitrogen and oxygen atoms in total. The molecule has 0 amide bonds. The molecule has 0 aliphatic heterocycles. The van der Waals surface area contributed by atoms with E-state index in [0.29, 0.717) is 19.4 Å². The Morgan fingerprint density at radius 2 is 2.00 bits per heavy atom. The zero-order valence-corrected chi connectivity index (χ0v) is 7.69. The van der Waals surface area contributed by atoms with Gasteiger partial charge < -0.3 is 22.3 Å². The van der Waals surface area contributed by atoms with Gasteiger partial charge in [0.25, 0.3) is 0 Å². The van der Waals surface area contributed by atoms with Crippen LogP contribution in [-0.4, -0.2) is 35.4 Å². The van der Waals surface area contributed by atoms with Crippen molar-refractivity contribution in [1.29, 1.82) is 0 Å². The topological polar surface area (TPSA) is 32.3 Å². The predicted octanol–water partition coefficient (Wildman–Crippen LogP) is -3.50. The number of hydrogen-bond donors (Lipinski definition) is 0. The third kappa shape index (κ3) is 4.39. The first-order valence-electron chi connectivity index (χ1n) is 2.61. The molecule has 0 heterocycles. The summed E-state index contributed by atoms with van der Waals surface area (Å²) in [5.74, 6) is -0.950. The van der Waals surface area contributed by atoms with E-state index in [0.717, 1.165) is 0 Å². The van der Waals surface area contributed by atoms with Gasteiger partial charge in [-0.3, -0.25) is 0 Å². The largest absolute Gasteiger partial charge is 2.00 e. The molecule has 1 rings (SSSR count). The minimum Gasteiger partial charge on any atom is -1.00 e. The van der Waals surface area contributed by atoms with Gasteiger partial charge in [-0.05, 0) is 25.6 Å². The van der Waals surface area contributed by atoms with E-state index in [-0.39, 0.29) is 35.5 Å². The van der Waals surface area contributed by atoms with Crippen LogP contribution in [-0.2, 0) is 4.74 Å². The number of hydrogen-bond acceptors (Lipinski definition) is 2. The minimum atomic E-state index is -0.950. The van der Waals surface area contributed by atoms with E-state index in [9.17, 15) is 5.11 Å². The van der Waals surface area contributed by atoms with Gasteiger partial charge in [0.1, 0.15) is 0 Å². The van der Waals surface area contributed by atoms with Crippen molar-refractivity contribution in [3.8, 4) is 0 Å². The summed E-state index contributed by atoms with van der Waals surface area (Å²) in [6, 6.07) is 0. The van der Waals surface area contributed by atoms with Crippen molar-refractivity contribution in [3.63, 3.8) is 0 Å². The van der Waals surface area contributed by atoms with Crippen LogP contribution in [0.5, 0.6) is 0 Å². The Morgan fingerprint density at radius 3 is 2.11 bits per heavy atom. The number of rotatable bonds is 2. The first kappa shape index (κ1) is 12.6. The first-order chi connectivity index (χ1) is 3.27. The summed E-state index contributed by atoms with van der Waals surface area (Å²) >= 11 is 0. The Labute approximate surface area is 77.5 Å². The van der Waals surface area contributed by atoms with Gasteiger partial charge in [-0.2, -0.15) is 0 Å². The standard InChI is InChI=1S/C5H9O2.ClH.Mg/c1-2-7-5(6)3-4-5;;/h2-4H2,1H3;1H;/q-1;;+2/p-1. The second-order valence-corrected chi connectivity index (χ2v) is 1.84. The van der Waals surface area contributed by atoms with Gasteiger partial charge in [0.15, 0.2) is 0 Å². The fraction of sp³-hybridized carbons (Fsp3) is 1.00. The monoisotopic (exact) mass is 160 g/mol. The van der Waals surface area contributed by atoms with Gasteiger partial charge in [0, 0.05) is 6.61 Å². The normalized spacial score (nSPS) is 19.3. The molecule has 1 aliphatic rings. The molecule has 0 radical (unpaired) electrons. The first-order valence-corrected chi connectivity index (χ1v) is 2.61. The third-order valence-corrected chi connectivity index (χ3v) is 1.07. The van der Waals surface area contributed by atoms with Crippen molar-refractivity contribution >= 4 is 23.1 Å². The van der Waals surface area contributed by atoms with Crippen LogP contribution in [0.2, 0.25) is 0 Å². The van der Waals surface area contributed by atoms with Crippen LogP contribution < -0.4 is 17.5 Å². The van der Waals surface area contributed by atoms with Gasteiger partial charge in [-0.1, -0.05) is 0 Å². The van der Waals surface area contributed by atoms with Gasteiger partial charge in [-0.25, -0.2) is 0 Å². The molecular formula is C5H9ClMgO2. The van der Waals surface area contributed by atoms with Crippen LogP contribution in [0.1, 0.15) is 19.8 Å². The molecule has 1 aliphatic carbocycles. The van der Waals surface area contributed by atoms with Crippen molar-refractivity contribution in [2.45, 2.75) is 25.6 Å². The SMILES string of the molecule is CCOC1([O-])CC1.[Cl-].[Mg+2]. The molecule has 0 unspecified atom stereocenters. The third-order valence-electron chi connectivity index (χ3n) is 1.07. The second-order valence-electron chi connectivity index (χ2n) is 1.84. The molecule has 0 spiro atoms. The number of ether oxygens (including phenoxy) is 1. The maximum Gasteiger partial charge on any atom is 2.00 e. The molecule has 4 heteroatoms. The van der Waals surface area contributed by atoms with Crippen LogP contribution in [0.25, 0.3) is 0 Å². The van der Waals surface area contributed by atoms with E-state index >= 15 is 0 Å². The Bertz CT molecular complexity index is 75.4. The second kappa shape index (κ2) is 4.74. The van der Waals surface area contributed by atoms with E-state index in [2.05, 4.69) is 0 Å². The van der Waals surface area contributed by atoms with E-state index < -0.39 is 5.79 Å². The average molecular weight is 161 g/mol. The minimum absolute atomic E-state index is 0. The van der Waals surface area contributed by atoms with E-state index in [1.807, 2.05) is 6.92 Å². The van der Waals surface area contributed by atoms with Crippen molar-refractivity contribution < 1.29 is 22.3 Å². The summed E-state index contributed by atoms with van der Waals surface area (Å²) in [6.07, 6.45) is 1.42. The average Bonchev–Trinajstić information content (AvgIpc) is 2.22. The molecule has 0 aromatic heterocycles. The summed E-state index contributed by atoms with van der Waals surface area (Å²) in [6.45, 7) is 2.40. The van der Waals surface area contributed by atoms with Crippen molar-refractivity contribution in [3.05, 3.63) is 0 Å². The quantitative estimate of drug-likeness (QED) is 0.311. The molecule has 1 saturated carbocycles. The maximum atomic E-state index is 10.6. The van der Waals surface area contributed by atoms with Crippen molar-refractivity contribution in [1.82, 2.24) is 0 Å². The van der Waals surface area contributed by atoms with E-state index in [1.165, 1.54) is 0 Å². The van der Waals surface area contributed by atoms with E-state index in [1.54, 1.807) is 0 Å². The fourth-order valence-corrected chi connectivity index (χ4v) is 0.509. The van der Waals surface area contributed by atoms with Crippen LogP contribution in [0, 0.1) is 0 Å². The van der Waals surface area contributed by atoms with Crippen LogP contribution in [0.4, 0.5) is 0 Å². The molecule has 0 saturated heterocycles. The summed E-state index contributed by atoms with van der Waals surface area (Å²) in [5, 5.41) is 10.6. The zero-order chi connectivity index (χ0) is 5.33. The van der Waals surface area contributed by atoms with E-state index in [4.69, 9.17) is 4.74 Å². The van der Waals surface area contributed by atoms with Crippen LogP contribution in [0.15, 0.2) is 0 Å². The molecule has 0 N–H and O–H groups in total. The van der Waals surface area contributed by atoms with Crippen LogP contribution >= 0.6 is 0 Å². The van der Waals surface area contributed by atoms with Gasteiger partial charge in [-0.15, -0.1) is 0 Å². The maximum absolute atomic E-state index is 10.6.